The Balaban J connectivity index is 1.27. The fourth-order valence-corrected chi connectivity index (χ4v) is 4.27. The molecule has 0 fully saturated rings. The van der Waals surface area contributed by atoms with E-state index < -0.39 is 0 Å². The Hall–Kier alpha value is -2.81. The van der Waals surface area contributed by atoms with E-state index in [1.54, 1.807) is 24.3 Å². The summed E-state index contributed by atoms with van der Waals surface area (Å²) in [5, 5.41) is 15.7. The normalized spacial score (nSPS) is 10.7. The predicted molar refractivity (Wildman–Crippen MR) is 119 cm³/mol. The van der Waals surface area contributed by atoms with E-state index in [4.69, 9.17) is 16.3 Å². The lowest BCUT2D eigenvalue weighted by molar-refractivity contribution is -0.115. The number of thiazole rings is 1. The molecule has 0 aliphatic rings. The zero-order valence-corrected chi connectivity index (χ0v) is 18.1. The molecule has 0 saturated carbocycles. The van der Waals surface area contributed by atoms with Crippen molar-refractivity contribution in [1.29, 1.82) is 0 Å². The molecule has 0 spiro atoms. The minimum absolute atomic E-state index is 0.172. The van der Waals surface area contributed by atoms with Gasteiger partial charge in [0.15, 0.2) is 0 Å². The highest BCUT2D eigenvalue weighted by Crippen LogP contribution is 2.20. The average molecular weight is 457 g/mol. The van der Waals surface area contributed by atoms with Crippen molar-refractivity contribution in [2.45, 2.75) is 19.4 Å². The highest BCUT2D eigenvalue weighted by atomic mass is 35.5. The number of amides is 1. The number of benzene rings is 2. The molecule has 9 heteroatoms. The number of rotatable bonds is 8. The van der Waals surface area contributed by atoms with Crippen LogP contribution in [0.2, 0.25) is 5.02 Å². The average Bonchev–Trinajstić information content (AvgIpc) is 3.37. The minimum atomic E-state index is -0.173. The van der Waals surface area contributed by atoms with Gasteiger partial charge in [-0.1, -0.05) is 53.3 Å². The molecule has 2 aromatic carbocycles. The number of carbonyl (C=O) groups excluding carboxylic acids is 1. The predicted octanol–water partition coefficient (Wildman–Crippen LogP) is 5.00. The molecule has 0 aliphatic carbocycles. The second-order valence-corrected chi connectivity index (χ2v) is 8.80. The lowest BCUT2D eigenvalue weighted by Gasteiger charge is -2.03. The topological polar surface area (TPSA) is 77.0 Å². The van der Waals surface area contributed by atoms with Crippen LogP contribution in [0.15, 0.2) is 60.0 Å². The maximum absolute atomic E-state index is 12.3. The van der Waals surface area contributed by atoms with Crippen molar-refractivity contribution in [3.63, 3.8) is 0 Å². The summed E-state index contributed by atoms with van der Waals surface area (Å²) in [7, 11) is 0. The number of hydrogen-bond acceptors (Lipinski definition) is 7. The number of nitrogens with one attached hydrogen (secondary N) is 1. The highest BCUT2D eigenvalue weighted by Gasteiger charge is 2.12. The third-order valence-corrected chi connectivity index (χ3v) is 5.99. The first-order valence-electron chi connectivity index (χ1n) is 9.12. The van der Waals surface area contributed by atoms with Crippen LogP contribution < -0.4 is 10.1 Å². The standard InChI is InChI=1S/C21H17ClN4O2S2/c22-15-6-8-17(9-7-15)28-12-20-23-16(13-29-20)11-18(27)24-21-26-25-19(30-21)10-14-4-2-1-3-5-14/h1-9,13H,10-12H2,(H,24,26,27). The highest BCUT2D eigenvalue weighted by molar-refractivity contribution is 7.15. The third-order valence-electron chi connectivity index (χ3n) is 4.03. The van der Waals surface area contributed by atoms with Crippen LogP contribution in [0.25, 0.3) is 0 Å². The number of carbonyl (C=O) groups is 1. The molecular formula is C21H17ClN4O2S2. The van der Waals surface area contributed by atoms with Crippen molar-refractivity contribution in [2.75, 3.05) is 5.32 Å². The zero-order valence-electron chi connectivity index (χ0n) is 15.7. The first-order valence-corrected chi connectivity index (χ1v) is 11.2. The monoisotopic (exact) mass is 456 g/mol. The van der Waals surface area contributed by atoms with Crippen molar-refractivity contribution in [2.24, 2.45) is 0 Å². The van der Waals surface area contributed by atoms with Gasteiger partial charge in [-0.3, -0.25) is 4.79 Å². The van der Waals surface area contributed by atoms with Gasteiger partial charge in [0.05, 0.1) is 12.1 Å². The number of hydrogen-bond donors (Lipinski definition) is 1. The molecule has 1 N–H and O–H groups in total. The van der Waals surface area contributed by atoms with Gasteiger partial charge in [-0.05, 0) is 29.8 Å². The third kappa shape index (κ3) is 5.85. The molecule has 4 aromatic rings. The van der Waals surface area contributed by atoms with Crippen LogP contribution in [0, 0.1) is 0 Å². The Morgan fingerprint density at radius 1 is 1.03 bits per heavy atom. The Bertz CT molecular complexity index is 1110. The summed E-state index contributed by atoms with van der Waals surface area (Å²) in [4.78, 5) is 16.8. The summed E-state index contributed by atoms with van der Waals surface area (Å²) in [5.41, 5.74) is 1.85. The van der Waals surface area contributed by atoms with Gasteiger partial charge in [0, 0.05) is 16.8 Å². The number of anilines is 1. The number of halogens is 1. The fraction of sp³-hybridized carbons (Fsp3) is 0.143. The maximum atomic E-state index is 12.3. The summed E-state index contributed by atoms with van der Waals surface area (Å²) in [6, 6.07) is 17.2. The molecule has 2 heterocycles. The molecule has 1 amide bonds. The van der Waals surface area contributed by atoms with Gasteiger partial charge in [0.1, 0.15) is 22.4 Å². The lowest BCUT2D eigenvalue weighted by atomic mass is 10.2. The molecule has 0 bridgehead atoms. The van der Waals surface area contributed by atoms with Crippen LogP contribution in [-0.2, 0) is 24.2 Å². The van der Waals surface area contributed by atoms with E-state index in [0.29, 0.717) is 28.9 Å². The zero-order chi connectivity index (χ0) is 20.8. The van der Waals surface area contributed by atoms with E-state index in [0.717, 1.165) is 21.3 Å². The van der Waals surface area contributed by atoms with E-state index in [9.17, 15) is 4.79 Å². The van der Waals surface area contributed by atoms with E-state index in [-0.39, 0.29) is 12.3 Å². The fourth-order valence-electron chi connectivity index (χ4n) is 2.65. The van der Waals surface area contributed by atoms with Gasteiger partial charge < -0.3 is 10.1 Å². The smallest absolute Gasteiger partial charge is 0.232 e. The van der Waals surface area contributed by atoms with Crippen LogP contribution >= 0.6 is 34.3 Å². The van der Waals surface area contributed by atoms with Gasteiger partial charge in [0.2, 0.25) is 11.0 Å². The van der Waals surface area contributed by atoms with Crippen molar-refractivity contribution >= 4 is 45.3 Å². The minimum Gasteiger partial charge on any atom is -0.486 e. The lowest BCUT2D eigenvalue weighted by Crippen LogP contribution is -2.14. The van der Waals surface area contributed by atoms with Crippen LogP contribution in [-0.4, -0.2) is 21.1 Å². The van der Waals surface area contributed by atoms with E-state index in [1.807, 2.05) is 35.7 Å². The molecule has 0 saturated heterocycles. The first kappa shape index (κ1) is 20.5. The first-order chi connectivity index (χ1) is 14.6. The number of ether oxygens (including phenoxy) is 1. The Kier molecular flexibility index (Phi) is 6.68. The summed E-state index contributed by atoms with van der Waals surface area (Å²) in [6.45, 7) is 0.340. The molecular weight excluding hydrogens is 440 g/mol. The quantitative estimate of drug-likeness (QED) is 0.403. The van der Waals surface area contributed by atoms with Crippen LogP contribution in [0.4, 0.5) is 5.13 Å². The van der Waals surface area contributed by atoms with Gasteiger partial charge in [-0.2, -0.15) is 0 Å². The van der Waals surface area contributed by atoms with Gasteiger partial charge in [-0.15, -0.1) is 21.5 Å². The van der Waals surface area contributed by atoms with Gasteiger partial charge in [-0.25, -0.2) is 4.98 Å². The van der Waals surface area contributed by atoms with Crippen LogP contribution in [0.5, 0.6) is 5.75 Å². The summed E-state index contributed by atoms with van der Waals surface area (Å²) in [6.07, 6.45) is 0.864. The Labute approximate surface area is 186 Å². The maximum Gasteiger partial charge on any atom is 0.232 e. The molecule has 0 unspecified atom stereocenters. The van der Waals surface area contributed by atoms with Crippen molar-refractivity contribution in [3.05, 3.63) is 86.3 Å². The molecule has 152 valence electrons. The van der Waals surface area contributed by atoms with Crippen LogP contribution in [0.1, 0.15) is 21.3 Å². The van der Waals surface area contributed by atoms with Crippen LogP contribution in [0.3, 0.4) is 0 Å². The number of aromatic nitrogens is 3. The van der Waals surface area contributed by atoms with Crippen molar-refractivity contribution in [3.8, 4) is 5.75 Å². The largest absolute Gasteiger partial charge is 0.486 e. The van der Waals surface area contributed by atoms with E-state index in [2.05, 4.69) is 20.5 Å². The van der Waals surface area contributed by atoms with Crippen molar-refractivity contribution < 1.29 is 9.53 Å². The Morgan fingerprint density at radius 2 is 1.83 bits per heavy atom. The second kappa shape index (κ2) is 9.80. The van der Waals surface area contributed by atoms with E-state index >= 15 is 0 Å². The molecule has 0 atom stereocenters. The summed E-state index contributed by atoms with van der Waals surface area (Å²) < 4.78 is 5.68. The van der Waals surface area contributed by atoms with Crippen molar-refractivity contribution in [1.82, 2.24) is 15.2 Å². The summed E-state index contributed by atoms with van der Waals surface area (Å²) >= 11 is 8.70. The summed E-state index contributed by atoms with van der Waals surface area (Å²) in [5.74, 6) is 0.546. The second-order valence-electron chi connectivity index (χ2n) is 6.36. The number of nitrogens with zero attached hydrogens (tertiary/aromatic N) is 3. The molecule has 4 rings (SSSR count). The molecule has 0 radical (unpaired) electrons. The SMILES string of the molecule is O=C(Cc1csc(COc2ccc(Cl)cc2)n1)Nc1nnc(Cc2ccccc2)s1. The van der Waals surface area contributed by atoms with E-state index in [1.165, 1.54) is 22.7 Å². The van der Waals surface area contributed by atoms with Gasteiger partial charge >= 0.3 is 0 Å². The molecule has 2 aromatic heterocycles. The Morgan fingerprint density at radius 3 is 2.63 bits per heavy atom. The molecule has 6 nitrogen and oxygen atoms in total. The molecule has 0 aliphatic heterocycles. The molecule has 30 heavy (non-hydrogen) atoms. The van der Waals surface area contributed by atoms with Gasteiger partial charge in [0.25, 0.3) is 0 Å².